The van der Waals surface area contributed by atoms with Crippen LogP contribution in [0.2, 0.25) is 5.02 Å². The molecule has 7 heteroatoms. The number of hydrogen-bond donors (Lipinski definition) is 2. The molecule has 0 bridgehead atoms. The molecule has 0 aliphatic rings. The van der Waals surface area contributed by atoms with E-state index in [1.165, 1.54) is 11.3 Å². The first kappa shape index (κ1) is 15.7. The van der Waals surface area contributed by atoms with Gasteiger partial charge in [0.1, 0.15) is 16.2 Å². The lowest BCUT2D eigenvalue weighted by atomic mass is 10.2. The van der Waals surface area contributed by atoms with E-state index in [0.29, 0.717) is 16.0 Å². The number of benzene rings is 1. The monoisotopic (exact) mass is 346 g/mol. The summed E-state index contributed by atoms with van der Waals surface area (Å²) in [7, 11) is 0. The van der Waals surface area contributed by atoms with Crippen LogP contribution in [0.3, 0.4) is 0 Å². The van der Waals surface area contributed by atoms with Crippen molar-refractivity contribution in [1.29, 1.82) is 0 Å². The van der Waals surface area contributed by atoms with E-state index in [9.17, 15) is 4.79 Å². The number of rotatable bonds is 4. The highest BCUT2D eigenvalue weighted by atomic mass is 35.5. The van der Waals surface area contributed by atoms with Crippen LogP contribution in [0.5, 0.6) is 0 Å². The van der Waals surface area contributed by atoms with Gasteiger partial charge in [0, 0.05) is 16.6 Å². The van der Waals surface area contributed by atoms with E-state index < -0.39 is 0 Å². The second-order valence-corrected chi connectivity index (χ2v) is 6.73. The summed E-state index contributed by atoms with van der Waals surface area (Å²) in [4.78, 5) is 21.4. The molecule has 118 valence electrons. The summed E-state index contributed by atoms with van der Waals surface area (Å²) in [6, 6.07) is 11.1. The van der Waals surface area contributed by atoms with E-state index in [0.717, 1.165) is 16.0 Å². The number of anilines is 3. The van der Waals surface area contributed by atoms with Crippen LogP contribution >= 0.6 is 22.9 Å². The number of pyridine rings is 1. The summed E-state index contributed by atoms with van der Waals surface area (Å²) in [5.74, 6) is 0.575. The number of nitrogens with zero attached hydrogens (tertiary/aromatic N) is 2. The number of carbonyl (C=O) groups is 1. The third-order valence-electron chi connectivity index (χ3n) is 3.13. The average Bonchev–Trinajstić information content (AvgIpc) is 2.91. The Morgan fingerprint density at radius 1 is 1.13 bits per heavy atom. The second kappa shape index (κ2) is 6.52. The van der Waals surface area contributed by atoms with E-state index in [2.05, 4.69) is 20.6 Å². The lowest BCUT2D eigenvalue weighted by molar-refractivity contribution is -0.118. The first-order chi connectivity index (χ1) is 11.0. The van der Waals surface area contributed by atoms with E-state index in [4.69, 9.17) is 11.6 Å². The number of nitrogens with one attached hydrogen (secondary N) is 2. The lowest BCUT2D eigenvalue weighted by Crippen LogP contribution is -2.17. The van der Waals surface area contributed by atoms with Gasteiger partial charge in [-0.05, 0) is 36.4 Å². The highest BCUT2D eigenvalue weighted by Gasteiger charge is 2.11. The molecule has 23 heavy (non-hydrogen) atoms. The molecule has 3 rings (SSSR count). The zero-order chi connectivity index (χ0) is 16.4. The summed E-state index contributed by atoms with van der Waals surface area (Å²) in [5, 5.41) is 7.26. The molecule has 3 aromatic rings. The Labute approximate surface area is 142 Å². The van der Waals surface area contributed by atoms with Crippen LogP contribution in [0.1, 0.15) is 13.8 Å². The highest BCUT2D eigenvalue weighted by Crippen LogP contribution is 2.27. The quantitative estimate of drug-likeness (QED) is 0.719. The molecule has 1 aromatic carbocycles. The van der Waals surface area contributed by atoms with Gasteiger partial charge >= 0.3 is 0 Å². The summed E-state index contributed by atoms with van der Waals surface area (Å²) >= 11 is 7.23. The van der Waals surface area contributed by atoms with Crippen LogP contribution in [-0.4, -0.2) is 15.9 Å². The van der Waals surface area contributed by atoms with Gasteiger partial charge < -0.3 is 10.6 Å². The Hall–Kier alpha value is -2.18. The van der Waals surface area contributed by atoms with Gasteiger partial charge in [-0.1, -0.05) is 36.8 Å². The topological polar surface area (TPSA) is 66.9 Å². The Morgan fingerprint density at radius 2 is 1.87 bits per heavy atom. The largest absolute Gasteiger partial charge is 0.340 e. The van der Waals surface area contributed by atoms with Crippen molar-refractivity contribution in [2.45, 2.75) is 13.8 Å². The molecule has 0 fully saturated rings. The van der Waals surface area contributed by atoms with E-state index in [1.54, 1.807) is 0 Å². The lowest BCUT2D eigenvalue weighted by Gasteiger charge is -2.04. The number of amides is 1. The maximum absolute atomic E-state index is 11.7. The molecule has 0 radical (unpaired) electrons. The Bertz CT molecular complexity index is 845. The van der Waals surface area contributed by atoms with Gasteiger partial charge in [-0.2, -0.15) is 0 Å². The molecule has 0 unspecified atom stereocenters. The second-order valence-electron chi connectivity index (χ2n) is 5.32. The van der Waals surface area contributed by atoms with Crippen molar-refractivity contribution < 1.29 is 4.79 Å². The average molecular weight is 347 g/mol. The normalized spacial score (nSPS) is 11.0. The Kier molecular flexibility index (Phi) is 4.45. The molecular weight excluding hydrogens is 332 g/mol. The maximum Gasteiger partial charge on any atom is 0.228 e. The number of halogens is 1. The molecule has 2 heterocycles. The van der Waals surface area contributed by atoms with E-state index in [-0.39, 0.29) is 11.8 Å². The van der Waals surface area contributed by atoms with Crippen molar-refractivity contribution >= 4 is 55.8 Å². The van der Waals surface area contributed by atoms with Gasteiger partial charge in [0.25, 0.3) is 0 Å². The minimum atomic E-state index is -0.0860. The van der Waals surface area contributed by atoms with Crippen LogP contribution in [0.4, 0.5) is 16.6 Å². The molecule has 0 aliphatic heterocycles. The van der Waals surface area contributed by atoms with E-state index >= 15 is 0 Å². The third-order valence-corrected chi connectivity index (χ3v) is 4.26. The van der Waals surface area contributed by atoms with Gasteiger partial charge in [0.15, 0.2) is 5.13 Å². The van der Waals surface area contributed by atoms with Crippen molar-refractivity contribution in [3.63, 3.8) is 0 Å². The van der Waals surface area contributed by atoms with Crippen molar-refractivity contribution in [2.75, 3.05) is 10.6 Å². The van der Waals surface area contributed by atoms with Gasteiger partial charge in [0.2, 0.25) is 5.91 Å². The molecule has 0 aliphatic carbocycles. The standard InChI is InChI=1S/C16H15ClN4OS/c1-9(2)14(22)21-16-19-12-7-8-13(20-15(12)23-16)18-11-5-3-10(17)4-6-11/h3-9H,1-2H3,(H,18,20)(H,19,21,22). The smallest absolute Gasteiger partial charge is 0.228 e. The van der Waals surface area contributed by atoms with Crippen LogP contribution in [0.25, 0.3) is 10.3 Å². The van der Waals surface area contributed by atoms with Crippen molar-refractivity contribution in [3.8, 4) is 0 Å². The third kappa shape index (κ3) is 3.78. The molecule has 5 nitrogen and oxygen atoms in total. The minimum absolute atomic E-state index is 0.0523. The summed E-state index contributed by atoms with van der Waals surface area (Å²) in [6.07, 6.45) is 0. The number of thiazole rings is 1. The minimum Gasteiger partial charge on any atom is -0.340 e. The predicted molar refractivity (Wildman–Crippen MR) is 95.6 cm³/mol. The van der Waals surface area contributed by atoms with Gasteiger partial charge in [0.05, 0.1) is 0 Å². The van der Waals surface area contributed by atoms with Gasteiger partial charge in [-0.15, -0.1) is 0 Å². The SMILES string of the molecule is CC(C)C(=O)Nc1nc2ccc(Nc3ccc(Cl)cc3)nc2s1. The van der Waals surface area contributed by atoms with Crippen molar-refractivity contribution in [2.24, 2.45) is 5.92 Å². The fourth-order valence-electron chi connectivity index (χ4n) is 1.87. The van der Waals surface area contributed by atoms with E-state index in [1.807, 2.05) is 50.2 Å². The fourth-order valence-corrected chi connectivity index (χ4v) is 2.84. The molecule has 0 spiro atoms. The highest BCUT2D eigenvalue weighted by molar-refractivity contribution is 7.22. The Balaban J connectivity index is 1.81. The zero-order valence-corrected chi connectivity index (χ0v) is 14.2. The molecule has 1 amide bonds. The Morgan fingerprint density at radius 3 is 2.57 bits per heavy atom. The summed E-state index contributed by atoms with van der Waals surface area (Å²) < 4.78 is 0. The molecule has 0 atom stereocenters. The van der Waals surface area contributed by atoms with Crippen molar-refractivity contribution in [1.82, 2.24) is 9.97 Å². The molecule has 2 N–H and O–H groups in total. The van der Waals surface area contributed by atoms with Crippen LogP contribution in [0.15, 0.2) is 36.4 Å². The fraction of sp³-hybridized carbons (Fsp3) is 0.188. The number of aromatic nitrogens is 2. The van der Waals surface area contributed by atoms with Crippen LogP contribution in [0, 0.1) is 5.92 Å². The number of carbonyl (C=O) groups excluding carboxylic acids is 1. The molecular formula is C16H15ClN4OS. The first-order valence-corrected chi connectivity index (χ1v) is 8.32. The number of fused-ring (bicyclic) bond motifs is 1. The van der Waals surface area contributed by atoms with Gasteiger partial charge in [-0.3, -0.25) is 4.79 Å². The summed E-state index contributed by atoms with van der Waals surface area (Å²) in [6.45, 7) is 3.68. The molecule has 0 saturated heterocycles. The van der Waals surface area contributed by atoms with Gasteiger partial charge in [-0.25, -0.2) is 9.97 Å². The molecule has 2 aromatic heterocycles. The number of hydrogen-bond acceptors (Lipinski definition) is 5. The van der Waals surface area contributed by atoms with Crippen LogP contribution < -0.4 is 10.6 Å². The zero-order valence-electron chi connectivity index (χ0n) is 12.6. The summed E-state index contributed by atoms with van der Waals surface area (Å²) in [5.41, 5.74) is 1.66. The predicted octanol–water partition coefficient (Wildman–Crippen LogP) is 4.68. The first-order valence-electron chi connectivity index (χ1n) is 7.12. The van der Waals surface area contributed by atoms with Crippen molar-refractivity contribution in [3.05, 3.63) is 41.4 Å². The maximum atomic E-state index is 11.7. The van der Waals surface area contributed by atoms with Crippen LogP contribution in [-0.2, 0) is 4.79 Å². The molecule has 0 saturated carbocycles.